The van der Waals surface area contributed by atoms with Crippen molar-refractivity contribution in [2.75, 3.05) is 26.4 Å². The van der Waals surface area contributed by atoms with Crippen molar-refractivity contribution in [1.29, 1.82) is 0 Å². The van der Waals surface area contributed by atoms with E-state index in [2.05, 4.69) is 25.0 Å². The van der Waals surface area contributed by atoms with E-state index in [1.165, 1.54) is 0 Å². The van der Waals surface area contributed by atoms with Crippen LogP contribution in [-0.4, -0.2) is 57.1 Å². The van der Waals surface area contributed by atoms with Gasteiger partial charge in [0.15, 0.2) is 0 Å². The number of ether oxygens (including phenoxy) is 2. The van der Waals surface area contributed by atoms with Crippen molar-refractivity contribution in [1.82, 2.24) is 10.2 Å². The Morgan fingerprint density at radius 2 is 2.00 bits per heavy atom. The van der Waals surface area contributed by atoms with Gasteiger partial charge in [-0.25, -0.2) is 4.79 Å². The third-order valence-corrected chi connectivity index (χ3v) is 5.27. The molecule has 0 radical (unpaired) electrons. The van der Waals surface area contributed by atoms with E-state index in [4.69, 9.17) is 9.47 Å². The van der Waals surface area contributed by atoms with Crippen molar-refractivity contribution in [2.24, 2.45) is 0 Å². The minimum absolute atomic E-state index is 0.162. The van der Waals surface area contributed by atoms with E-state index in [9.17, 15) is 4.79 Å². The van der Waals surface area contributed by atoms with Gasteiger partial charge in [0.2, 0.25) is 0 Å². The van der Waals surface area contributed by atoms with Gasteiger partial charge in [-0.3, -0.25) is 4.90 Å². The first-order valence-corrected chi connectivity index (χ1v) is 12.1. The molecule has 1 aliphatic rings. The molecule has 1 atom stereocenters. The standard InChI is InChI=1S/C16H34N2O3Si/c1-16(2,3)21-15(19)18(14-8-7-9-17-12-14)13-20-10-11-22(4,5)6/h14,17H,7-13H2,1-6H3/t14-/m1/s1. The molecule has 0 bridgehead atoms. The Morgan fingerprint density at radius 3 is 2.50 bits per heavy atom. The van der Waals surface area contributed by atoms with Crippen molar-refractivity contribution in [2.45, 2.75) is 70.9 Å². The zero-order chi connectivity index (χ0) is 16.8. The minimum atomic E-state index is -1.11. The molecule has 0 spiro atoms. The number of piperidine rings is 1. The summed E-state index contributed by atoms with van der Waals surface area (Å²) in [6.45, 7) is 15.6. The van der Waals surface area contributed by atoms with E-state index in [0.717, 1.165) is 38.6 Å². The molecule has 0 aromatic carbocycles. The number of nitrogens with one attached hydrogen (secondary N) is 1. The molecule has 130 valence electrons. The Labute approximate surface area is 136 Å². The van der Waals surface area contributed by atoms with Crippen molar-refractivity contribution >= 4 is 14.2 Å². The first kappa shape index (κ1) is 19.5. The molecular formula is C16H34N2O3Si. The summed E-state index contributed by atoms with van der Waals surface area (Å²) in [5, 5.41) is 3.35. The molecule has 6 heteroatoms. The summed E-state index contributed by atoms with van der Waals surface area (Å²) < 4.78 is 11.3. The van der Waals surface area contributed by atoms with Crippen LogP contribution < -0.4 is 5.32 Å². The third-order valence-electron chi connectivity index (χ3n) is 3.57. The first-order chi connectivity index (χ1) is 10.1. The van der Waals surface area contributed by atoms with E-state index in [-0.39, 0.29) is 12.1 Å². The monoisotopic (exact) mass is 330 g/mol. The second kappa shape index (κ2) is 8.31. The smallest absolute Gasteiger partial charge is 0.412 e. The molecule has 22 heavy (non-hydrogen) atoms. The van der Waals surface area contributed by atoms with E-state index < -0.39 is 13.7 Å². The van der Waals surface area contributed by atoms with Crippen LogP contribution in [0.15, 0.2) is 0 Å². The van der Waals surface area contributed by atoms with Gasteiger partial charge in [-0.1, -0.05) is 19.6 Å². The molecule has 1 aliphatic heterocycles. The van der Waals surface area contributed by atoms with Crippen LogP contribution in [0.3, 0.4) is 0 Å². The predicted molar refractivity (Wildman–Crippen MR) is 92.9 cm³/mol. The molecule has 1 heterocycles. The molecule has 1 amide bonds. The molecule has 1 fully saturated rings. The third kappa shape index (κ3) is 8.15. The zero-order valence-corrected chi connectivity index (χ0v) is 16.2. The van der Waals surface area contributed by atoms with Crippen LogP contribution in [0.5, 0.6) is 0 Å². The summed E-state index contributed by atoms with van der Waals surface area (Å²) in [6.07, 6.45) is 1.82. The van der Waals surface area contributed by atoms with Gasteiger partial charge >= 0.3 is 6.09 Å². The van der Waals surface area contributed by atoms with Crippen LogP contribution in [0.4, 0.5) is 4.79 Å². The maximum Gasteiger partial charge on any atom is 0.412 e. The Kier molecular flexibility index (Phi) is 7.35. The second-order valence-corrected chi connectivity index (χ2v) is 13.9. The summed E-state index contributed by atoms with van der Waals surface area (Å²) >= 11 is 0. The Bertz CT molecular complexity index is 344. The predicted octanol–water partition coefficient (Wildman–Crippen LogP) is 3.29. The largest absolute Gasteiger partial charge is 0.444 e. The number of hydrogen-bond donors (Lipinski definition) is 1. The molecule has 0 saturated carbocycles. The number of nitrogens with zero attached hydrogens (tertiary/aromatic N) is 1. The van der Waals surface area contributed by atoms with Gasteiger partial charge in [0, 0.05) is 27.3 Å². The van der Waals surface area contributed by atoms with Crippen LogP contribution in [-0.2, 0) is 9.47 Å². The van der Waals surface area contributed by atoms with Gasteiger partial charge in [-0.15, -0.1) is 0 Å². The number of carbonyl (C=O) groups excluding carboxylic acids is 1. The average Bonchev–Trinajstić information content (AvgIpc) is 2.36. The van der Waals surface area contributed by atoms with Crippen molar-refractivity contribution in [3.05, 3.63) is 0 Å². The fourth-order valence-electron chi connectivity index (χ4n) is 2.27. The fourth-order valence-corrected chi connectivity index (χ4v) is 3.03. The molecule has 0 aromatic heterocycles. The van der Waals surface area contributed by atoms with Crippen molar-refractivity contribution < 1.29 is 14.3 Å². The average molecular weight is 331 g/mol. The zero-order valence-electron chi connectivity index (χ0n) is 15.2. The van der Waals surface area contributed by atoms with Crippen LogP contribution in [0, 0.1) is 0 Å². The van der Waals surface area contributed by atoms with Crippen LogP contribution >= 0.6 is 0 Å². The quantitative estimate of drug-likeness (QED) is 0.461. The molecular weight excluding hydrogens is 296 g/mol. The minimum Gasteiger partial charge on any atom is -0.444 e. The van der Waals surface area contributed by atoms with Gasteiger partial charge in [0.25, 0.3) is 0 Å². The van der Waals surface area contributed by atoms with Crippen LogP contribution in [0.25, 0.3) is 0 Å². The lowest BCUT2D eigenvalue weighted by Crippen LogP contribution is -2.51. The summed E-state index contributed by atoms with van der Waals surface area (Å²) in [4.78, 5) is 14.2. The normalized spacial score (nSPS) is 19.8. The lowest BCUT2D eigenvalue weighted by molar-refractivity contribution is -0.0285. The summed E-state index contributed by atoms with van der Waals surface area (Å²) in [5.41, 5.74) is -0.476. The lowest BCUT2D eigenvalue weighted by atomic mass is 10.1. The van der Waals surface area contributed by atoms with Crippen molar-refractivity contribution in [3.8, 4) is 0 Å². The van der Waals surface area contributed by atoms with E-state index in [1.54, 1.807) is 4.90 Å². The van der Waals surface area contributed by atoms with Gasteiger partial charge in [0.1, 0.15) is 12.3 Å². The van der Waals surface area contributed by atoms with E-state index in [1.807, 2.05) is 20.8 Å². The van der Waals surface area contributed by atoms with Crippen LogP contribution in [0.2, 0.25) is 25.7 Å². The maximum atomic E-state index is 12.5. The highest BCUT2D eigenvalue weighted by atomic mass is 28.3. The summed E-state index contributed by atoms with van der Waals surface area (Å²) in [6, 6.07) is 1.27. The molecule has 1 saturated heterocycles. The fraction of sp³-hybridized carbons (Fsp3) is 0.938. The van der Waals surface area contributed by atoms with E-state index in [0.29, 0.717) is 6.73 Å². The number of carbonyl (C=O) groups is 1. The van der Waals surface area contributed by atoms with Gasteiger partial charge < -0.3 is 14.8 Å². The summed E-state index contributed by atoms with van der Waals surface area (Å²) in [5.74, 6) is 0. The molecule has 0 aliphatic carbocycles. The highest BCUT2D eigenvalue weighted by molar-refractivity contribution is 6.76. The Morgan fingerprint density at radius 1 is 1.32 bits per heavy atom. The second-order valence-electron chi connectivity index (χ2n) is 8.30. The van der Waals surface area contributed by atoms with Gasteiger partial charge in [-0.05, 0) is 46.2 Å². The molecule has 0 aromatic rings. The highest BCUT2D eigenvalue weighted by Gasteiger charge is 2.29. The van der Waals surface area contributed by atoms with Gasteiger partial charge in [0.05, 0.1) is 0 Å². The van der Waals surface area contributed by atoms with Crippen LogP contribution in [0.1, 0.15) is 33.6 Å². The van der Waals surface area contributed by atoms with E-state index >= 15 is 0 Å². The maximum absolute atomic E-state index is 12.5. The number of amides is 1. The number of hydrogen-bond acceptors (Lipinski definition) is 4. The van der Waals surface area contributed by atoms with Crippen molar-refractivity contribution in [3.63, 3.8) is 0 Å². The molecule has 1 rings (SSSR count). The van der Waals surface area contributed by atoms with Gasteiger partial charge in [-0.2, -0.15) is 0 Å². The lowest BCUT2D eigenvalue weighted by Gasteiger charge is -2.35. The Hall–Kier alpha value is -0.593. The first-order valence-electron chi connectivity index (χ1n) is 8.36. The highest BCUT2D eigenvalue weighted by Crippen LogP contribution is 2.16. The topological polar surface area (TPSA) is 50.8 Å². The Balaban J connectivity index is 2.55. The number of rotatable bonds is 6. The SMILES string of the molecule is CC(C)(C)OC(=O)N(COCC[Si](C)(C)C)[C@@H]1CCCNC1. The summed E-state index contributed by atoms with van der Waals surface area (Å²) in [7, 11) is -1.11. The molecule has 0 unspecified atom stereocenters. The molecule has 1 N–H and O–H groups in total. The molecule has 5 nitrogen and oxygen atoms in total.